The van der Waals surface area contributed by atoms with Crippen LogP contribution in [0.5, 0.6) is 0 Å². The zero-order chi connectivity index (χ0) is 7.98. The molecule has 0 radical (unpaired) electrons. The van der Waals surface area contributed by atoms with Gasteiger partial charge in [0.15, 0.2) is 0 Å². The molecule has 3 heteroatoms. The summed E-state index contributed by atoms with van der Waals surface area (Å²) in [5.41, 5.74) is 0. The molecule has 0 bridgehead atoms. The molecule has 0 aromatic rings. The first-order valence-electron chi connectivity index (χ1n) is 3.50. The minimum absolute atomic E-state index is 0.204. The Labute approximate surface area is 62.4 Å². The third-order valence-electron chi connectivity index (χ3n) is 0.903. The Balaban J connectivity index is 0.000000180. The third kappa shape index (κ3) is 7.43. The van der Waals surface area contributed by atoms with E-state index < -0.39 is 0 Å². The molecule has 0 atom stereocenters. The molecular weight excluding hydrogens is 128 g/mol. The minimum atomic E-state index is 0.204. The van der Waals surface area contributed by atoms with Crippen LogP contribution in [-0.4, -0.2) is 38.5 Å². The van der Waals surface area contributed by atoms with Crippen LogP contribution in [0.25, 0.3) is 0 Å². The lowest BCUT2D eigenvalue weighted by Crippen LogP contribution is -2.12. The normalized spacial score (nSPS) is 16.2. The Kier molecular flexibility index (Phi) is 4.94. The summed E-state index contributed by atoms with van der Waals surface area (Å²) in [5.74, 6) is 0.204. The first-order valence-corrected chi connectivity index (χ1v) is 3.50. The van der Waals surface area contributed by atoms with Gasteiger partial charge in [0, 0.05) is 13.0 Å². The van der Waals surface area contributed by atoms with Gasteiger partial charge in [0.1, 0.15) is 0 Å². The van der Waals surface area contributed by atoms with Crippen molar-refractivity contribution in [3.05, 3.63) is 0 Å². The quantitative estimate of drug-likeness (QED) is 0.522. The Hall–Kier alpha value is -0.570. The average molecular weight is 144 g/mol. The summed E-state index contributed by atoms with van der Waals surface area (Å²) in [7, 11) is 6.00. The lowest BCUT2D eigenvalue weighted by Gasteiger charge is -1.90. The van der Waals surface area contributed by atoms with Crippen molar-refractivity contribution in [3.8, 4) is 0 Å². The highest BCUT2D eigenvalue weighted by Crippen LogP contribution is 1.93. The van der Waals surface area contributed by atoms with Crippen molar-refractivity contribution < 1.29 is 4.79 Å². The van der Waals surface area contributed by atoms with Gasteiger partial charge in [-0.1, -0.05) is 0 Å². The second-order valence-corrected chi connectivity index (χ2v) is 2.80. The van der Waals surface area contributed by atoms with Crippen LogP contribution in [0.15, 0.2) is 0 Å². The SMILES string of the molecule is CN(C)C.O=C1CCCN1. The second-order valence-electron chi connectivity index (χ2n) is 2.80. The molecule has 0 aromatic carbocycles. The van der Waals surface area contributed by atoms with Crippen LogP contribution in [0.2, 0.25) is 0 Å². The second kappa shape index (κ2) is 5.23. The van der Waals surface area contributed by atoms with Crippen LogP contribution >= 0.6 is 0 Å². The fourth-order valence-electron chi connectivity index (χ4n) is 0.565. The van der Waals surface area contributed by atoms with Gasteiger partial charge in [-0.05, 0) is 27.6 Å². The predicted molar refractivity (Wildman–Crippen MR) is 41.9 cm³/mol. The van der Waals surface area contributed by atoms with Crippen LogP contribution in [0.3, 0.4) is 0 Å². The van der Waals surface area contributed by atoms with Crippen molar-refractivity contribution in [2.24, 2.45) is 0 Å². The van der Waals surface area contributed by atoms with Crippen molar-refractivity contribution >= 4 is 5.91 Å². The molecule has 0 unspecified atom stereocenters. The van der Waals surface area contributed by atoms with E-state index in [1.54, 1.807) is 0 Å². The molecule has 0 aliphatic carbocycles. The molecule has 3 nitrogen and oxygen atoms in total. The Morgan fingerprint density at radius 3 is 2.00 bits per heavy atom. The van der Waals surface area contributed by atoms with Gasteiger partial charge in [0.25, 0.3) is 0 Å². The van der Waals surface area contributed by atoms with Crippen molar-refractivity contribution in [1.29, 1.82) is 0 Å². The predicted octanol–water partition coefficient (Wildman–Crippen LogP) is 0.0742. The van der Waals surface area contributed by atoms with Crippen LogP contribution in [0.1, 0.15) is 12.8 Å². The number of carbonyl (C=O) groups excluding carboxylic acids is 1. The molecular formula is C7H16N2O. The maximum Gasteiger partial charge on any atom is 0.220 e. The van der Waals surface area contributed by atoms with Crippen molar-refractivity contribution in [1.82, 2.24) is 10.2 Å². The maximum absolute atomic E-state index is 10.1. The van der Waals surface area contributed by atoms with E-state index in [4.69, 9.17) is 0 Å². The van der Waals surface area contributed by atoms with E-state index in [1.807, 2.05) is 26.0 Å². The van der Waals surface area contributed by atoms with Crippen LogP contribution in [-0.2, 0) is 4.79 Å². The highest BCUT2D eigenvalue weighted by atomic mass is 16.1. The number of nitrogens with zero attached hydrogens (tertiary/aromatic N) is 1. The highest BCUT2D eigenvalue weighted by Gasteiger charge is 2.05. The molecule has 1 aliphatic heterocycles. The molecule has 1 saturated heterocycles. The summed E-state index contributed by atoms with van der Waals surface area (Å²) >= 11 is 0. The summed E-state index contributed by atoms with van der Waals surface area (Å²) in [5, 5.41) is 2.68. The highest BCUT2D eigenvalue weighted by molar-refractivity contribution is 5.77. The zero-order valence-corrected chi connectivity index (χ0v) is 6.98. The molecule has 1 aliphatic rings. The van der Waals surface area contributed by atoms with E-state index in [2.05, 4.69) is 5.32 Å². The van der Waals surface area contributed by atoms with Gasteiger partial charge in [-0.3, -0.25) is 4.79 Å². The smallest absolute Gasteiger partial charge is 0.220 e. The number of hydrogen-bond donors (Lipinski definition) is 1. The lowest BCUT2D eigenvalue weighted by atomic mass is 10.4. The van der Waals surface area contributed by atoms with Gasteiger partial charge in [-0.15, -0.1) is 0 Å². The molecule has 0 aromatic heterocycles. The van der Waals surface area contributed by atoms with E-state index in [-0.39, 0.29) is 5.91 Å². The van der Waals surface area contributed by atoms with Crippen molar-refractivity contribution in [2.45, 2.75) is 12.8 Å². The molecule has 0 saturated carbocycles. The maximum atomic E-state index is 10.1. The summed E-state index contributed by atoms with van der Waals surface area (Å²) in [6.07, 6.45) is 1.76. The van der Waals surface area contributed by atoms with E-state index >= 15 is 0 Å². The summed E-state index contributed by atoms with van der Waals surface area (Å²) < 4.78 is 0. The average Bonchev–Trinajstić information content (AvgIpc) is 2.15. The summed E-state index contributed by atoms with van der Waals surface area (Å²) in [6.45, 7) is 0.888. The molecule has 1 heterocycles. The van der Waals surface area contributed by atoms with E-state index in [9.17, 15) is 4.79 Å². The van der Waals surface area contributed by atoms with Gasteiger partial charge in [-0.25, -0.2) is 0 Å². The van der Waals surface area contributed by atoms with Crippen molar-refractivity contribution in [3.63, 3.8) is 0 Å². The number of nitrogens with one attached hydrogen (secondary N) is 1. The molecule has 1 amide bonds. The van der Waals surface area contributed by atoms with Crippen LogP contribution in [0.4, 0.5) is 0 Å². The van der Waals surface area contributed by atoms with Gasteiger partial charge >= 0.3 is 0 Å². The van der Waals surface area contributed by atoms with E-state index in [1.165, 1.54) is 0 Å². The van der Waals surface area contributed by atoms with Gasteiger partial charge < -0.3 is 10.2 Å². The fraction of sp³-hybridized carbons (Fsp3) is 0.857. The van der Waals surface area contributed by atoms with E-state index in [0.717, 1.165) is 19.4 Å². The number of rotatable bonds is 0. The summed E-state index contributed by atoms with van der Waals surface area (Å²) in [4.78, 5) is 12.1. The Bertz CT molecular complexity index is 91.0. The monoisotopic (exact) mass is 144 g/mol. The molecule has 1 fully saturated rings. The van der Waals surface area contributed by atoms with E-state index in [0.29, 0.717) is 0 Å². The number of amides is 1. The van der Waals surface area contributed by atoms with Gasteiger partial charge in [0.2, 0.25) is 5.91 Å². The van der Waals surface area contributed by atoms with Crippen LogP contribution < -0.4 is 5.32 Å². The standard InChI is InChI=1S/C4H7NO.C3H9N/c6-4-2-1-3-5-4;1-4(2)3/h1-3H2,(H,5,6);1-3H3. The minimum Gasteiger partial charge on any atom is -0.356 e. The Morgan fingerprint density at radius 2 is 1.90 bits per heavy atom. The molecule has 60 valence electrons. The molecule has 1 rings (SSSR count). The molecule has 1 N–H and O–H groups in total. The molecule has 10 heavy (non-hydrogen) atoms. The first-order chi connectivity index (χ1) is 4.63. The fourth-order valence-corrected chi connectivity index (χ4v) is 0.565. The third-order valence-corrected chi connectivity index (χ3v) is 0.903. The van der Waals surface area contributed by atoms with Gasteiger partial charge in [-0.2, -0.15) is 0 Å². The summed E-state index contributed by atoms with van der Waals surface area (Å²) in [6, 6.07) is 0. The largest absolute Gasteiger partial charge is 0.356 e. The lowest BCUT2D eigenvalue weighted by molar-refractivity contribution is -0.119. The topological polar surface area (TPSA) is 32.3 Å². The zero-order valence-electron chi connectivity index (χ0n) is 6.98. The van der Waals surface area contributed by atoms with Gasteiger partial charge in [0.05, 0.1) is 0 Å². The van der Waals surface area contributed by atoms with Crippen LogP contribution in [0, 0.1) is 0 Å². The first kappa shape index (κ1) is 9.43. The number of hydrogen-bond acceptors (Lipinski definition) is 2. The Morgan fingerprint density at radius 1 is 1.40 bits per heavy atom. The number of carbonyl (C=O) groups is 1. The molecule has 0 spiro atoms. The van der Waals surface area contributed by atoms with Crippen molar-refractivity contribution in [2.75, 3.05) is 27.7 Å².